The van der Waals surface area contributed by atoms with Crippen LogP contribution in [-0.4, -0.2) is 35.4 Å². The fraction of sp³-hybridized carbons (Fsp3) is 0.500. The molecule has 1 aromatic heterocycles. The van der Waals surface area contributed by atoms with Gasteiger partial charge < -0.3 is 10.6 Å². The van der Waals surface area contributed by atoms with Crippen LogP contribution in [0.5, 0.6) is 0 Å². The maximum atomic E-state index is 12.2. The van der Waals surface area contributed by atoms with Crippen LogP contribution in [0.3, 0.4) is 0 Å². The Morgan fingerprint density at radius 1 is 1.59 bits per heavy atom. The normalized spacial score (nSPS) is 20.4. The van der Waals surface area contributed by atoms with Crippen molar-refractivity contribution in [3.8, 4) is 0 Å². The maximum Gasteiger partial charge on any atom is 0.272 e. The van der Waals surface area contributed by atoms with Crippen LogP contribution in [0.15, 0.2) is 18.3 Å². The Hall–Kier alpha value is -1.13. The highest BCUT2D eigenvalue weighted by molar-refractivity contribution is 6.30. The number of piperidine rings is 1. The molecule has 0 spiro atoms. The molecule has 1 aliphatic heterocycles. The van der Waals surface area contributed by atoms with Crippen LogP contribution in [-0.2, 0) is 0 Å². The van der Waals surface area contributed by atoms with E-state index >= 15 is 0 Å². The van der Waals surface area contributed by atoms with Crippen molar-refractivity contribution in [1.82, 2.24) is 9.88 Å². The summed E-state index contributed by atoms with van der Waals surface area (Å²) in [7, 11) is 0. The number of rotatable bonds is 2. The standard InChI is InChI=1S/C12H16ClN3O/c13-10-3-4-11(15-7-10)12(17)16-5-1-2-9(6-14)8-16/h3-4,7,9H,1-2,5-6,8,14H2. The van der Waals surface area contributed by atoms with E-state index in [9.17, 15) is 4.79 Å². The van der Waals surface area contributed by atoms with E-state index in [-0.39, 0.29) is 5.91 Å². The van der Waals surface area contributed by atoms with Gasteiger partial charge in [-0.25, -0.2) is 4.98 Å². The van der Waals surface area contributed by atoms with Crippen molar-refractivity contribution in [2.45, 2.75) is 12.8 Å². The maximum absolute atomic E-state index is 12.2. The van der Waals surface area contributed by atoms with Crippen molar-refractivity contribution in [2.24, 2.45) is 11.7 Å². The Kier molecular flexibility index (Phi) is 3.97. The topological polar surface area (TPSA) is 59.2 Å². The number of amides is 1. The Bertz CT molecular complexity index is 393. The van der Waals surface area contributed by atoms with Gasteiger partial charge in [0.15, 0.2) is 0 Å². The summed E-state index contributed by atoms with van der Waals surface area (Å²) in [5.74, 6) is 0.389. The molecule has 17 heavy (non-hydrogen) atoms. The molecule has 2 rings (SSSR count). The smallest absolute Gasteiger partial charge is 0.272 e. The van der Waals surface area contributed by atoms with Gasteiger partial charge in [-0.15, -0.1) is 0 Å². The van der Waals surface area contributed by atoms with Gasteiger partial charge in [0.05, 0.1) is 5.02 Å². The van der Waals surface area contributed by atoms with Gasteiger partial charge >= 0.3 is 0 Å². The van der Waals surface area contributed by atoms with Gasteiger partial charge in [0, 0.05) is 19.3 Å². The molecule has 1 atom stereocenters. The minimum absolute atomic E-state index is 0.0279. The lowest BCUT2D eigenvalue weighted by molar-refractivity contribution is 0.0672. The number of carbonyl (C=O) groups is 1. The summed E-state index contributed by atoms with van der Waals surface area (Å²) >= 11 is 5.74. The summed E-state index contributed by atoms with van der Waals surface area (Å²) in [6.07, 6.45) is 3.62. The predicted octanol–water partition coefficient (Wildman–Crippen LogP) is 1.55. The average molecular weight is 254 g/mol. The lowest BCUT2D eigenvalue weighted by atomic mass is 9.98. The third-order valence-electron chi connectivity index (χ3n) is 3.09. The first-order valence-electron chi connectivity index (χ1n) is 5.81. The van der Waals surface area contributed by atoms with Crippen molar-refractivity contribution >= 4 is 17.5 Å². The van der Waals surface area contributed by atoms with Gasteiger partial charge in [0.1, 0.15) is 5.69 Å². The second kappa shape index (κ2) is 5.47. The van der Waals surface area contributed by atoms with Gasteiger partial charge in [0.25, 0.3) is 5.91 Å². The highest BCUT2D eigenvalue weighted by Crippen LogP contribution is 2.17. The largest absolute Gasteiger partial charge is 0.337 e. The first kappa shape index (κ1) is 12.3. The number of likely N-dealkylation sites (tertiary alicyclic amines) is 1. The summed E-state index contributed by atoms with van der Waals surface area (Å²) < 4.78 is 0. The molecule has 1 unspecified atom stereocenters. The van der Waals surface area contributed by atoms with Crippen LogP contribution in [0.4, 0.5) is 0 Å². The van der Waals surface area contributed by atoms with E-state index in [2.05, 4.69) is 4.98 Å². The molecular formula is C12H16ClN3O. The number of nitrogens with zero attached hydrogens (tertiary/aromatic N) is 2. The van der Waals surface area contributed by atoms with Gasteiger partial charge in [-0.3, -0.25) is 4.79 Å². The first-order chi connectivity index (χ1) is 8.20. The molecule has 0 aliphatic carbocycles. The predicted molar refractivity (Wildman–Crippen MR) is 66.9 cm³/mol. The number of carbonyl (C=O) groups excluding carboxylic acids is 1. The Balaban J connectivity index is 2.06. The molecule has 1 aliphatic rings. The van der Waals surface area contributed by atoms with Crippen molar-refractivity contribution in [1.29, 1.82) is 0 Å². The SMILES string of the molecule is NCC1CCCN(C(=O)c2ccc(Cl)cn2)C1. The summed E-state index contributed by atoms with van der Waals surface area (Å²) in [4.78, 5) is 18.0. The molecule has 2 heterocycles. The molecule has 0 saturated carbocycles. The Labute approximate surface area is 106 Å². The Morgan fingerprint density at radius 2 is 2.41 bits per heavy atom. The highest BCUT2D eigenvalue weighted by Gasteiger charge is 2.24. The van der Waals surface area contributed by atoms with Gasteiger partial charge in [0.2, 0.25) is 0 Å². The number of hydrogen-bond acceptors (Lipinski definition) is 3. The lowest BCUT2D eigenvalue weighted by Gasteiger charge is -2.31. The number of hydrogen-bond donors (Lipinski definition) is 1. The number of nitrogens with two attached hydrogens (primary N) is 1. The Morgan fingerprint density at radius 3 is 3.06 bits per heavy atom. The van der Waals surface area contributed by atoms with Crippen LogP contribution < -0.4 is 5.73 Å². The third kappa shape index (κ3) is 2.96. The molecule has 4 nitrogen and oxygen atoms in total. The number of aromatic nitrogens is 1. The minimum atomic E-state index is -0.0279. The monoisotopic (exact) mass is 253 g/mol. The molecular weight excluding hydrogens is 238 g/mol. The number of pyridine rings is 1. The van der Waals surface area contributed by atoms with Crippen LogP contribution in [0.1, 0.15) is 23.3 Å². The van der Waals surface area contributed by atoms with E-state index < -0.39 is 0 Å². The first-order valence-corrected chi connectivity index (χ1v) is 6.19. The fourth-order valence-electron chi connectivity index (χ4n) is 2.11. The third-order valence-corrected chi connectivity index (χ3v) is 3.31. The van der Waals surface area contributed by atoms with E-state index in [1.165, 1.54) is 6.20 Å². The molecule has 0 radical (unpaired) electrons. The van der Waals surface area contributed by atoms with E-state index in [1.807, 2.05) is 4.90 Å². The van der Waals surface area contributed by atoms with E-state index in [0.29, 0.717) is 23.2 Å². The lowest BCUT2D eigenvalue weighted by Crippen LogP contribution is -2.42. The van der Waals surface area contributed by atoms with Crippen LogP contribution >= 0.6 is 11.6 Å². The molecule has 1 fully saturated rings. The van der Waals surface area contributed by atoms with Crippen LogP contribution in [0, 0.1) is 5.92 Å². The summed E-state index contributed by atoms with van der Waals surface area (Å²) in [5, 5.41) is 0.542. The zero-order valence-electron chi connectivity index (χ0n) is 9.60. The van der Waals surface area contributed by atoms with Crippen molar-refractivity contribution in [2.75, 3.05) is 19.6 Å². The second-order valence-corrected chi connectivity index (χ2v) is 4.79. The average Bonchev–Trinajstić information content (AvgIpc) is 2.39. The van der Waals surface area contributed by atoms with Crippen molar-refractivity contribution in [3.05, 3.63) is 29.0 Å². The molecule has 2 N–H and O–H groups in total. The van der Waals surface area contributed by atoms with Gasteiger partial charge in [-0.2, -0.15) is 0 Å². The molecule has 5 heteroatoms. The zero-order chi connectivity index (χ0) is 12.3. The van der Waals surface area contributed by atoms with E-state index in [0.717, 1.165) is 25.9 Å². The molecule has 0 bridgehead atoms. The summed E-state index contributed by atoms with van der Waals surface area (Å²) in [6.45, 7) is 2.16. The van der Waals surface area contributed by atoms with E-state index in [1.54, 1.807) is 12.1 Å². The van der Waals surface area contributed by atoms with Crippen molar-refractivity contribution in [3.63, 3.8) is 0 Å². The highest BCUT2D eigenvalue weighted by atomic mass is 35.5. The molecule has 1 amide bonds. The molecule has 1 saturated heterocycles. The van der Waals surface area contributed by atoms with Crippen LogP contribution in [0.2, 0.25) is 5.02 Å². The number of halogens is 1. The second-order valence-electron chi connectivity index (χ2n) is 4.36. The fourth-order valence-corrected chi connectivity index (χ4v) is 2.22. The van der Waals surface area contributed by atoms with Crippen molar-refractivity contribution < 1.29 is 4.79 Å². The van der Waals surface area contributed by atoms with Gasteiger partial charge in [-0.1, -0.05) is 11.6 Å². The molecule has 92 valence electrons. The molecule has 0 aromatic carbocycles. The van der Waals surface area contributed by atoms with Gasteiger partial charge in [-0.05, 0) is 37.4 Å². The van der Waals surface area contributed by atoms with Crippen LogP contribution in [0.25, 0.3) is 0 Å². The summed E-state index contributed by atoms with van der Waals surface area (Å²) in [5.41, 5.74) is 6.10. The molecule has 1 aromatic rings. The summed E-state index contributed by atoms with van der Waals surface area (Å²) in [6, 6.07) is 3.35. The zero-order valence-corrected chi connectivity index (χ0v) is 10.4. The minimum Gasteiger partial charge on any atom is -0.337 e. The quantitative estimate of drug-likeness (QED) is 0.870. The van der Waals surface area contributed by atoms with E-state index in [4.69, 9.17) is 17.3 Å².